The van der Waals surface area contributed by atoms with Gasteiger partial charge in [-0.1, -0.05) is 12.1 Å². The lowest BCUT2D eigenvalue weighted by molar-refractivity contribution is 1.17. The average Bonchev–Trinajstić information content (AvgIpc) is 2.64. The normalized spacial score (nSPS) is 10.7. The van der Waals surface area contributed by atoms with Crippen LogP contribution in [0.4, 0.5) is 28.7 Å². The molecule has 0 fully saturated rings. The molecule has 27 heavy (non-hydrogen) atoms. The van der Waals surface area contributed by atoms with Crippen LogP contribution in [-0.4, -0.2) is 15.0 Å². The number of benzene rings is 2. The van der Waals surface area contributed by atoms with E-state index in [2.05, 4.69) is 57.6 Å². The second-order valence-corrected chi connectivity index (χ2v) is 6.49. The summed E-state index contributed by atoms with van der Waals surface area (Å²) in [7, 11) is 0. The van der Waals surface area contributed by atoms with Gasteiger partial charge in [-0.2, -0.15) is 0 Å². The Morgan fingerprint density at radius 1 is 0.815 bits per heavy atom. The molecule has 4 aromatic rings. The third kappa shape index (κ3) is 3.50. The van der Waals surface area contributed by atoms with Gasteiger partial charge in [-0.05, 0) is 61.4 Å². The highest BCUT2D eigenvalue weighted by atomic mass is 15.1. The number of aryl methyl sites for hydroxylation is 2. The van der Waals surface area contributed by atoms with Gasteiger partial charge in [0, 0.05) is 23.0 Å². The van der Waals surface area contributed by atoms with E-state index < -0.39 is 0 Å². The van der Waals surface area contributed by atoms with Gasteiger partial charge in [0.1, 0.15) is 12.0 Å². The zero-order chi connectivity index (χ0) is 18.8. The number of hydrogen-bond donors (Lipinski definition) is 3. The lowest BCUT2D eigenvalue weighted by Crippen LogP contribution is -2.05. The molecule has 0 atom stereocenters. The van der Waals surface area contributed by atoms with E-state index >= 15 is 0 Å². The van der Waals surface area contributed by atoms with Crippen molar-refractivity contribution in [3.8, 4) is 0 Å². The van der Waals surface area contributed by atoms with Crippen LogP contribution in [0.25, 0.3) is 10.9 Å². The van der Waals surface area contributed by atoms with E-state index in [1.54, 1.807) is 6.20 Å². The molecule has 6 nitrogen and oxygen atoms in total. The van der Waals surface area contributed by atoms with Crippen LogP contribution in [0.5, 0.6) is 0 Å². The lowest BCUT2D eigenvalue weighted by Gasteiger charge is -2.14. The summed E-state index contributed by atoms with van der Waals surface area (Å²) in [5, 5.41) is 7.60. The fourth-order valence-electron chi connectivity index (χ4n) is 3.12. The van der Waals surface area contributed by atoms with Crippen LogP contribution in [0.1, 0.15) is 11.1 Å². The first-order valence-electron chi connectivity index (χ1n) is 8.67. The maximum Gasteiger partial charge on any atom is 0.159 e. The number of rotatable bonds is 4. The Labute approximate surface area is 157 Å². The zero-order valence-corrected chi connectivity index (χ0v) is 15.2. The number of aromatic nitrogens is 3. The summed E-state index contributed by atoms with van der Waals surface area (Å²) >= 11 is 0. The van der Waals surface area contributed by atoms with Crippen molar-refractivity contribution < 1.29 is 0 Å². The molecule has 0 spiro atoms. The van der Waals surface area contributed by atoms with E-state index in [4.69, 9.17) is 5.73 Å². The summed E-state index contributed by atoms with van der Waals surface area (Å²) < 4.78 is 0. The summed E-state index contributed by atoms with van der Waals surface area (Å²) in [5.41, 5.74) is 11.9. The van der Waals surface area contributed by atoms with Gasteiger partial charge in [0.05, 0.1) is 5.52 Å². The molecule has 2 heterocycles. The molecular weight excluding hydrogens is 336 g/mol. The maximum atomic E-state index is 6.33. The lowest BCUT2D eigenvalue weighted by atomic mass is 10.1. The van der Waals surface area contributed by atoms with E-state index in [0.717, 1.165) is 22.3 Å². The molecule has 0 saturated carbocycles. The van der Waals surface area contributed by atoms with Crippen molar-refractivity contribution >= 4 is 39.6 Å². The number of nitrogens with one attached hydrogen (secondary N) is 2. The van der Waals surface area contributed by atoms with Crippen LogP contribution < -0.4 is 16.4 Å². The average molecular weight is 356 g/mol. The number of hydrogen-bond acceptors (Lipinski definition) is 6. The number of fused-ring (bicyclic) bond motifs is 1. The summed E-state index contributed by atoms with van der Waals surface area (Å²) in [6, 6.07) is 16.0. The van der Waals surface area contributed by atoms with Crippen molar-refractivity contribution in [1.29, 1.82) is 0 Å². The molecule has 134 valence electrons. The van der Waals surface area contributed by atoms with E-state index in [9.17, 15) is 0 Å². The number of nitrogens with zero attached hydrogens (tertiary/aromatic N) is 3. The number of pyridine rings is 1. The Morgan fingerprint density at radius 3 is 2.33 bits per heavy atom. The molecule has 0 saturated heterocycles. The summed E-state index contributed by atoms with van der Waals surface area (Å²) in [6.45, 7) is 4.12. The minimum absolute atomic E-state index is 0.456. The monoisotopic (exact) mass is 356 g/mol. The van der Waals surface area contributed by atoms with Gasteiger partial charge < -0.3 is 16.4 Å². The van der Waals surface area contributed by atoms with Gasteiger partial charge in [0.2, 0.25) is 0 Å². The number of nitrogen functional groups attached to an aromatic ring is 1. The largest absolute Gasteiger partial charge is 0.393 e. The van der Waals surface area contributed by atoms with Gasteiger partial charge in [0.15, 0.2) is 11.6 Å². The van der Waals surface area contributed by atoms with Crippen molar-refractivity contribution in [2.24, 2.45) is 0 Å². The summed E-state index contributed by atoms with van der Waals surface area (Å²) in [5.74, 6) is 1.11. The highest BCUT2D eigenvalue weighted by Crippen LogP contribution is 2.31. The molecular formula is C21H20N6. The van der Waals surface area contributed by atoms with Crippen LogP contribution in [0, 0.1) is 13.8 Å². The Bertz CT molecular complexity index is 1100. The highest BCUT2D eigenvalue weighted by Gasteiger charge is 2.10. The third-order valence-corrected chi connectivity index (χ3v) is 4.27. The Kier molecular flexibility index (Phi) is 4.30. The smallest absolute Gasteiger partial charge is 0.159 e. The molecule has 0 amide bonds. The second kappa shape index (κ2) is 6.92. The molecule has 6 heteroatoms. The summed E-state index contributed by atoms with van der Waals surface area (Å²) in [6.07, 6.45) is 3.27. The van der Waals surface area contributed by atoms with E-state index in [0.29, 0.717) is 17.3 Å². The first-order chi connectivity index (χ1) is 13.1. The molecule has 4 N–H and O–H groups in total. The second-order valence-electron chi connectivity index (χ2n) is 6.49. The van der Waals surface area contributed by atoms with Gasteiger partial charge in [-0.25, -0.2) is 9.97 Å². The van der Waals surface area contributed by atoms with Gasteiger partial charge in [-0.3, -0.25) is 4.98 Å². The Balaban J connectivity index is 1.67. The maximum absolute atomic E-state index is 6.33. The predicted molar refractivity (Wildman–Crippen MR) is 111 cm³/mol. The van der Waals surface area contributed by atoms with Crippen molar-refractivity contribution in [3.63, 3.8) is 0 Å². The van der Waals surface area contributed by atoms with E-state index in [1.165, 1.54) is 17.5 Å². The van der Waals surface area contributed by atoms with Crippen molar-refractivity contribution in [2.75, 3.05) is 16.4 Å². The van der Waals surface area contributed by atoms with Gasteiger partial charge in [-0.15, -0.1) is 0 Å². The first kappa shape index (κ1) is 16.8. The zero-order valence-electron chi connectivity index (χ0n) is 15.2. The molecule has 0 aliphatic carbocycles. The predicted octanol–water partition coefficient (Wildman–Crippen LogP) is 4.71. The molecule has 4 rings (SSSR count). The van der Waals surface area contributed by atoms with Crippen LogP contribution in [0.3, 0.4) is 0 Å². The van der Waals surface area contributed by atoms with E-state index in [-0.39, 0.29) is 0 Å². The number of nitrogens with two attached hydrogens (primary N) is 1. The minimum Gasteiger partial charge on any atom is -0.393 e. The molecule has 0 aliphatic heterocycles. The van der Waals surface area contributed by atoms with Crippen molar-refractivity contribution in [1.82, 2.24) is 15.0 Å². The summed E-state index contributed by atoms with van der Waals surface area (Å²) in [4.78, 5) is 13.0. The molecule has 2 aromatic carbocycles. The van der Waals surface area contributed by atoms with Gasteiger partial charge in [0.25, 0.3) is 0 Å². The fourth-order valence-corrected chi connectivity index (χ4v) is 3.12. The van der Waals surface area contributed by atoms with Crippen LogP contribution in [0.2, 0.25) is 0 Å². The standard InChI is InChI=1S/C21H20N6/c1-13-9-14(2)11-15(10-13)26-20-19(22)21(25-12-24-20)27-18-7-3-6-17-16(18)5-4-8-23-17/h3-12H,22H2,1-2H3,(H2,24,25,26,27). The van der Waals surface area contributed by atoms with Crippen LogP contribution >= 0.6 is 0 Å². The quantitative estimate of drug-likeness (QED) is 0.491. The molecule has 2 aromatic heterocycles. The fraction of sp³-hybridized carbons (Fsp3) is 0.0952. The van der Waals surface area contributed by atoms with Crippen molar-refractivity contribution in [2.45, 2.75) is 13.8 Å². The Morgan fingerprint density at radius 2 is 1.56 bits per heavy atom. The molecule has 0 bridgehead atoms. The topological polar surface area (TPSA) is 88.8 Å². The van der Waals surface area contributed by atoms with Crippen LogP contribution in [0.15, 0.2) is 61.1 Å². The number of anilines is 5. The highest BCUT2D eigenvalue weighted by molar-refractivity contribution is 5.94. The molecule has 0 aliphatic rings. The third-order valence-electron chi connectivity index (χ3n) is 4.27. The van der Waals surface area contributed by atoms with Crippen molar-refractivity contribution in [3.05, 3.63) is 72.2 Å². The molecule has 0 radical (unpaired) electrons. The minimum atomic E-state index is 0.456. The van der Waals surface area contributed by atoms with Gasteiger partial charge >= 0.3 is 0 Å². The van der Waals surface area contributed by atoms with Crippen LogP contribution in [-0.2, 0) is 0 Å². The Hall–Kier alpha value is -3.67. The first-order valence-corrected chi connectivity index (χ1v) is 8.67. The van der Waals surface area contributed by atoms with E-state index in [1.807, 2.05) is 30.3 Å². The SMILES string of the molecule is Cc1cc(C)cc(Nc2ncnc(Nc3cccc4ncccc34)c2N)c1. The molecule has 0 unspecified atom stereocenters.